The van der Waals surface area contributed by atoms with Gasteiger partial charge in [-0.2, -0.15) is 4.98 Å². The highest BCUT2D eigenvalue weighted by Gasteiger charge is 2.13. The van der Waals surface area contributed by atoms with Crippen molar-refractivity contribution in [2.45, 2.75) is 13.8 Å². The Balaban J connectivity index is 2.06. The van der Waals surface area contributed by atoms with Crippen molar-refractivity contribution in [1.29, 1.82) is 0 Å². The van der Waals surface area contributed by atoms with E-state index in [9.17, 15) is 0 Å². The van der Waals surface area contributed by atoms with Gasteiger partial charge in [0, 0.05) is 30.8 Å². The van der Waals surface area contributed by atoms with Crippen molar-refractivity contribution in [1.82, 2.24) is 9.97 Å². The van der Waals surface area contributed by atoms with Crippen LogP contribution in [0.5, 0.6) is 11.5 Å². The average Bonchev–Trinajstić information content (AvgIpc) is 2.75. The summed E-state index contributed by atoms with van der Waals surface area (Å²) in [6.07, 6.45) is 0. The van der Waals surface area contributed by atoms with Crippen molar-refractivity contribution >= 4 is 17.5 Å². The normalized spacial score (nSPS) is 10.4. The highest BCUT2D eigenvalue weighted by Crippen LogP contribution is 2.32. The second-order valence-corrected chi connectivity index (χ2v) is 6.16. The van der Waals surface area contributed by atoms with Crippen LogP contribution in [-0.4, -0.2) is 37.3 Å². The number of anilines is 3. The largest absolute Gasteiger partial charge is 0.497 e. The molecule has 0 bridgehead atoms. The molecule has 6 heteroatoms. The van der Waals surface area contributed by atoms with Gasteiger partial charge in [-0.1, -0.05) is 30.3 Å². The van der Waals surface area contributed by atoms with Crippen molar-refractivity contribution in [2.75, 3.05) is 37.5 Å². The van der Waals surface area contributed by atoms with E-state index in [2.05, 4.69) is 24.1 Å². The van der Waals surface area contributed by atoms with Gasteiger partial charge >= 0.3 is 0 Å². The van der Waals surface area contributed by atoms with E-state index in [1.807, 2.05) is 54.6 Å². The van der Waals surface area contributed by atoms with Crippen molar-refractivity contribution < 1.29 is 9.47 Å². The minimum absolute atomic E-state index is 0.509. The molecule has 1 N–H and O–H groups in total. The molecule has 2 aromatic carbocycles. The molecule has 0 spiro atoms. The highest BCUT2D eigenvalue weighted by atomic mass is 16.5. The van der Waals surface area contributed by atoms with Gasteiger partial charge in [0.1, 0.15) is 17.3 Å². The number of aromatic nitrogens is 2. The molecule has 0 fully saturated rings. The SMILES string of the molecule is CCN(CC)c1cc(-c2ccccc2)nc(Nc2cc(OC)ccc2OC)n1. The summed E-state index contributed by atoms with van der Waals surface area (Å²) in [5, 5.41) is 3.30. The first-order valence-electron chi connectivity index (χ1n) is 9.37. The van der Waals surface area contributed by atoms with Gasteiger partial charge in [0.2, 0.25) is 5.95 Å². The second kappa shape index (κ2) is 9.08. The van der Waals surface area contributed by atoms with Gasteiger partial charge in [0.25, 0.3) is 0 Å². The molecule has 28 heavy (non-hydrogen) atoms. The van der Waals surface area contributed by atoms with Crippen LogP contribution in [0.2, 0.25) is 0 Å². The summed E-state index contributed by atoms with van der Waals surface area (Å²) in [6, 6.07) is 17.7. The Morgan fingerprint density at radius 2 is 1.64 bits per heavy atom. The molecule has 0 aliphatic heterocycles. The number of rotatable bonds is 8. The molecule has 6 nitrogen and oxygen atoms in total. The van der Waals surface area contributed by atoms with Crippen LogP contribution >= 0.6 is 0 Å². The van der Waals surface area contributed by atoms with Gasteiger partial charge < -0.3 is 19.7 Å². The Morgan fingerprint density at radius 1 is 0.893 bits per heavy atom. The van der Waals surface area contributed by atoms with Crippen LogP contribution in [0.4, 0.5) is 17.5 Å². The van der Waals surface area contributed by atoms with Gasteiger partial charge in [-0.25, -0.2) is 4.98 Å². The monoisotopic (exact) mass is 378 g/mol. The Bertz CT molecular complexity index is 912. The summed E-state index contributed by atoms with van der Waals surface area (Å²) in [5.41, 5.74) is 2.65. The third kappa shape index (κ3) is 4.34. The lowest BCUT2D eigenvalue weighted by Crippen LogP contribution is -2.23. The second-order valence-electron chi connectivity index (χ2n) is 6.16. The van der Waals surface area contributed by atoms with E-state index in [0.717, 1.165) is 41.6 Å². The summed E-state index contributed by atoms with van der Waals surface area (Å²) in [7, 11) is 3.27. The van der Waals surface area contributed by atoms with Crippen LogP contribution in [0.3, 0.4) is 0 Å². The predicted molar refractivity (Wildman–Crippen MR) is 114 cm³/mol. The summed E-state index contributed by atoms with van der Waals surface area (Å²) < 4.78 is 10.8. The van der Waals surface area contributed by atoms with E-state index in [1.54, 1.807) is 14.2 Å². The fraction of sp³-hybridized carbons (Fsp3) is 0.273. The van der Waals surface area contributed by atoms with Gasteiger partial charge in [-0.3, -0.25) is 0 Å². The standard InChI is InChI=1S/C22H26N4O2/c1-5-26(6-2)21-15-18(16-10-8-7-9-11-16)23-22(25-21)24-19-14-17(27-3)12-13-20(19)28-4/h7-15H,5-6H2,1-4H3,(H,23,24,25). The Hall–Kier alpha value is -3.28. The first kappa shape index (κ1) is 19.5. The molecular weight excluding hydrogens is 352 g/mol. The Labute approximate surface area is 166 Å². The first-order chi connectivity index (χ1) is 13.7. The zero-order valence-corrected chi connectivity index (χ0v) is 16.8. The van der Waals surface area contributed by atoms with E-state index >= 15 is 0 Å². The van der Waals surface area contributed by atoms with E-state index < -0.39 is 0 Å². The molecule has 0 atom stereocenters. The zero-order chi connectivity index (χ0) is 19.9. The molecule has 0 saturated heterocycles. The minimum Gasteiger partial charge on any atom is -0.497 e. The van der Waals surface area contributed by atoms with E-state index in [4.69, 9.17) is 19.4 Å². The lowest BCUT2D eigenvalue weighted by Gasteiger charge is -2.21. The predicted octanol–water partition coefficient (Wildman–Crippen LogP) is 4.75. The van der Waals surface area contributed by atoms with Gasteiger partial charge in [0.05, 0.1) is 25.6 Å². The molecular formula is C22H26N4O2. The summed E-state index contributed by atoms with van der Waals surface area (Å²) in [4.78, 5) is 11.7. The number of benzene rings is 2. The van der Waals surface area contributed by atoms with Crippen molar-refractivity contribution in [3.05, 3.63) is 54.6 Å². The van der Waals surface area contributed by atoms with E-state index in [0.29, 0.717) is 11.7 Å². The minimum atomic E-state index is 0.509. The van der Waals surface area contributed by atoms with E-state index in [-0.39, 0.29) is 0 Å². The number of nitrogens with zero attached hydrogens (tertiary/aromatic N) is 3. The first-order valence-corrected chi connectivity index (χ1v) is 9.37. The summed E-state index contributed by atoms with van der Waals surface area (Å²) in [5.74, 6) is 2.81. The number of hydrogen-bond acceptors (Lipinski definition) is 6. The highest BCUT2D eigenvalue weighted by molar-refractivity contribution is 5.69. The van der Waals surface area contributed by atoms with Gasteiger partial charge in [-0.05, 0) is 26.0 Å². The number of nitrogens with one attached hydrogen (secondary N) is 1. The smallest absolute Gasteiger partial charge is 0.229 e. The maximum atomic E-state index is 5.47. The topological polar surface area (TPSA) is 59.5 Å². The van der Waals surface area contributed by atoms with E-state index in [1.165, 1.54) is 0 Å². The average molecular weight is 378 g/mol. The van der Waals surface area contributed by atoms with Crippen LogP contribution in [-0.2, 0) is 0 Å². The molecule has 0 aliphatic rings. The van der Waals surface area contributed by atoms with Crippen LogP contribution in [0.1, 0.15) is 13.8 Å². The molecule has 0 unspecified atom stereocenters. The third-order valence-electron chi connectivity index (χ3n) is 4.52. The summed E-state index contributed by atoms with van der Waals surface area (Å²) >= 11 is 0. The third-order valence-corrected chi connectivity index (χ3v) is 4.52. The van der Waals surface area contributed by atoms with Crippen LogP contribution in [0.25, 0.3) is 11.3 Å². The van der Waals surface area contributed by atoms with Gasteiger partial charge in [-0.15, -0.1) is 0 Å². The van der Waals surface area contributed by atoms with Crippen LogP contribution < -0.4 is 19.7 Å². The Kier molecular flexibility index (Phi) is 6.32. The Morgan fingerprint density at radius 3 is 2.29 bits per heavy atom. The quantitative estimate of drug-likeness (QED) is 0.610. The number of hydrogen-bond donors (Lipinski definition) is 1. The number of ether oxygens (including phenoxy) is 2. The molecule has 0 saturated carbocycles. The molecule has 0 aliphatic carbocycles. The molecule has 1 aromatic heterocycles. The fourth-order valence-corrected chi connectivity index (χ4v) is 2.99. The molecule has 1 heterocycles. The van der Waals surface area contributed by atoms with Crippen molar-refractivity contribution in [3.8, 4) is 22.8 Å². The van der Waals surface area contributed by atoms with Crippen LogP contribution in [0, 0.1) is 0 Å². The maximum absolute atomic E-state index is 5.47. The molecule has 3 aromatic rings. The zero-order valence-electron chi connectivity index (χ0n) is 16.8. The van der Waals surface area contributed by atoms with Crippen molar-refractivity contribution in [2.24, 2.45) is 0 Å². The fourth-order valence-electron chi connectivity index (χ4n) is 2.99. The van der Waals surface area contributed by atoms with Crippen molar-refractivity contribution in [3.63, 3.8) is 0 Å². The number of methoxy groups -OCH3 is 2. The van der Waals surface area contributed by atoms with Crippen LogP contribution in [0.15, 0.2) is 54.6 Å². The molecule has 0 radical (unpaired) electrons. The molecule has 0 amide bonds. The molecule has 146 valence electrons. The molecule has 3 rings (SSSR count). The lowest BCUT2D eigenvalue weighted by atomic mass is 10.1. The maximum Gasteiger partial charge on any atom is 0.229 e. The summed E-state index contributed by atoms with van der Waals surface area (Å²) in [6.45, 7) is 5.96. The van der Waals surface area contributed by atoms with Gasteiger partial charge in [0.15, 0.2) is 0 Å². The lowest BCUT2D eigenvalue weighted by molar-refractivity contribution is 0.405.